The topological polar surface area (TPSA) is 91.8 Å². The first-order valence-electron chi connectivity index (χ1n) is 13.5. The molecule has 1 N–H and O–H groups in total. The van der Waals surface area contributed by atoms with Gasteiger partial charge in [0.2, 0.25) is 11.8 Å². The summed E-state index contributed by atoms with van der Waals surface area (Å²) in [6.07, 6.45) is 5.44. The third-order valence-corrected chi connectivity index (χ3v) is 9.54. The van der Waals surface area contributed by atoms with Gasteiger partial charge in [-0.1, -0.05) is 66.8 Å². The fraction of sp³-hybridized carbons (Fsp3) is 0.176. The molecule has 4 unspecified atom stereocenters. The van der Waals surface area contributed by atoms with E-state index in [1.54, 1.807) is 24.3 Å². The van der Waals surface area contributed by atoms with Gasteiger partial charge in [0.25, 0.3) is 0 Å². The Bertz CT molecular complexity index is 1830. The number of hydrogen-bond donors (Lipinski definition) is 1. The lowest BCUT2D eigenvalue weighted by Gasteiger charge is -2.42. The number of aromatic hydroxyl groups is 1. The fourth-order valence-electron chi connectivity index (χ4n) is 7.14. The minimum absolute atomic E-state index is 0.0100. The fourth-order valence-corrected chi connectivity index (χ4v) is 7.59. The maximum Gasteiger partial charge on any atom is 0.238 e. The van der Waals surface area contributed by atoms with E-state index in [1.165, 1.54) is 11.0 Å². The number of ketones is 2. The Morgan fingerprint density at radius 1 is 0.927 bits per heavy atom. The summed E-state index contributed by atoms with van der Waals surface area (Å²) >= 11 is 3.26. The molecule has 202 valence electrons. The van der Waals surface area contributed by atoms with Crippen molar-refractivity contribution in [2.75, 3.05) is 4.90 Å². The molecule has 7 heteroatoms. The van der Waals surface area contributed by atoms with E-state index in [0.717, 1.165) is 21.9 Å². The van der Waals surface area contributed by atoms with Gasteiger partial charge in [0.1, 0.15) is 5.75 Å². The number of phenols is 1. The van der Waals surface area contributed by atoms with Crippen LogP contribution in [0, 0.1) is 17.8 Å². The zero-order valence-corrected chi connectivity index (χ0v) is 23.4. The van der Waals surface area contributed by atoms with E-state index in [-0.39, 0.29) is 40.0 Å². The summed E-state index contributed by atoms with van der Waals surface area (Å²) in [5.74, 6) is -3.66. The van der Waals surface area contributed by atoms with Crippen LogP contribution in [0.2, 0.25) is 0 Å². The van der Waals surface area contributed by atoms with E-state index in [2.05, 4.69) is 22.5 Å². The molecule has 1 saturated heterocycles. The Hall–Kier alpha value is -4.36. The summed E-state index contributed by atoms with van der Waals surface area (Å²) in [5, 5.41) is 12.9. The standard InChI is InChI=1S/C34H24BrNO5/c1-2-17-7-10-19(11-8-17)36-33(40)22-13-12-21-23(28(22)34(36)41)15-24-30(27(38)16-25(35)32(24)39)31(21)29-20-6-4-3-5-18(20)9-14-26(29)37/h2-12,14,16,22-23,28,31,37H,1,13,15H2. The molecule has 4 aliphatic rings. The van der Waals surface area contributed by atoms with Gasteiger partial charge in [-0.05, 0) is 69.2 Å². The molecular formula is C34H24BrNO5. The lowest BCUT2D eigenvalue weighted by atomic mass is 9.59. The molecule has 4 atom stereocenters. The van der Waals surface area contributed by atoms with Crippen LogP contribution >= 0.6 is 15.9 Å². The van der Waals surface area contributed by atoms with Gasteiger partial charge >= 0.3 is 0 Å². The van der Waals surface area contributed by atoms with Crippen molar-refractivity contribution in [2.45, 2.75) is 18.8 Å². The van der Waals surface area contributed by atoms with Crippen LogP contribution in [0.25, 0.3) is 16.8 Å². The minimum Gasteiger partial charge on any atom is -0.508 e. The van der Waals surface area contributed by atoms with Gasteiger partial charge in [0, 0.05) is 28.7 Å². The Labute approximate surface area is 244 Å². The van der Waals surface area contributed by atoms with Crippen molar-refractivity contribution in [3.8, 4) is 5.75 Å². The summed E-state index contributed by atoms with van der Waals surface area (Å²) < 4.78 is 0.166. The van der Waals surface area contributed by atoms with E-state index in [9.17, 15) is 24.3 Å². The Balaban J connectivity index is 1.41. The molecule has 0 bridgehead atoms. The SMILES string of the molecule is C=Cc1ccc(N2C(=O)C3CC=C4C(c5c(O)ccc6ccccc56)C5=C(CC4C3C2=O)C(=O)C(Br)=CC5=O)cc1. The van der Waals surface area contributed by atoms with Crippen LogP contribution in [-0.4, -0.2) is 28.5 Å². The number of hydrogen-bond acceptors (Lipinski definition) is 5. The number of Topliss-reactive ketones (excluding diaryl/α,β-unsaturated/α-hetero) is 1. The maximum absolute atomic E-state index is 14.1. The highest BCUT2D eigenvalue weighted by Crippen LogP contribution is 2.57. The summed E-state index contributed by atoms with van der Waals surface area (Å²) in [5.41, 5.74) is 3.37. The maximum atomic E-state index is 14.1. The van der Waals surface area contributed by atoms with Gasteiger partial charge in [-0.25, -0.2) is 0 Å². The van der Waals surface area contributed by atoms with Crippen molar-refractivity contribution in [1.82, 2.24) is 0 Å². The summed E-state index contributed by atoms with van der Waals surface area (Å²) in [6, 6.07) is 18.1. The number of phenolic OH excluding ortho intramolecular Hbond substituents is 1. The smallest absolute Gasteiger partial charge is 0.238 e. The van der Waals surface area contributed by atoms with Crippen LogP contribution in [0.15, 0.2) is 101 Å². The Morgan fingerprint density at radius 2 is 1.68 bits per heavy atom. The van der Waals surface area contributed by atoms with Gasteiger partial charge < -0.3 is 5.11 Å². The molecule has 6 nitrogen and oxygen atoms in total. The Kier molecular flexibility index (Phi) is 5.84. The van der Waals surface area contributed by atoms with E-state index in [4.69, 9.17) is 0 Å². The zero-order valence-electron chi connectivity index (χ0n) is 21.8. The highest BCUT2D eigenvalue weighted by atomic mass is 79.9. The summed E-state index contributed by atoms with van der Waals surface area (Å²) in [4.78, 5) is 56.1. The first kappa shape index (κ1) is 25.6. The van der Waals surface area contributed by atoms with Gasteiger partial charge in [-0.2, -0.15) is 0 Å². The number of carbonyl (C=O) groups is 4. The predicted octanol–water partition coefficient (Wildman–Crippen LogP) is 6.16. The second-order valence-corrected chi connectivity index (χ2v) is 11.8. The number of amides is 2. The number of anilines is 1. The number of rotatable bonds is 3. The number of carbonyl (C=O) groups excluding carboxylic acids is 4. The van der Waals surface area contributed by atoms with Crippen molar-refractivity contribution in [1.29, 1.82) is 0 Å². The third-order valence-electron chi connectivity index (χ3n) is 8.95. The molecular weight excluding hydrogens is 582 g/mol. The number of halogens is 1. The van der Waals surface area contributed by atoms with E-state index < -0.39 is 23.7 Å². The molecule has 41 heavy (non-hydrogen) atoms. The van der Waals surface area contributed by atoms with Gasteiger partial charge in [0.05, 0.1) is 22.0 Å². The number of benzene rings is 3. The van der Waals surface area contributed by atoms with E-state index in [0.29, 0.717) is 28.8 Å². The lowest BCUT2D eigenvalue weighted by molar-refractivity contribution is -0.123. The van der Waals surface area contributed by atoms with E-state index in [1.807, 2.05) is 48.5 Å². The molecule has 1 fully saturated rings. The van der Waals surface area contributed by atoms with Crippen LogP contribution in [-0.2, 0) is 19.2 Å². The minimum atomic E-state index is -0.729. The highest BCUT2D eigenvalue weighted by molar-refractivity contribution is 9.12. The summed E-state index contributed by atoms with van der Waals surface area (Å²) in [7, 11) is 0. The first-order chi connectivity index (χ1) is 19.8. The Morgan fingerprint density at radius 3 is 2.44 bits per heavy atom. The second-order valence-electron chi connectivity index (χ2n) is 10.9. The average Bonchev–Trinajstić information content (AvgIpc) is 3.24. The molecule has 0 aromatic heterocycles. The zero-order chi connectivity index (χ0) is 28.6. The molecule has 1 heterocycles. The third kappa shape index (κ3) is 3.68. The first-order valence-corrected chi connectivity index (χ1v) is 14.3. The molecule has 7 rings (SSSR count). The molecule has 3 aliphatic carbocycles. The number of allylic oxidation sites excluding steroid dienone is 6. The monoisotopic (exact) mass is 605 g/mol. The molecule has 0 spiro atoms. The normalized spacial score (nSPS) is 25.5. The van der Waals surface area contributed by atoms with Crippen molar-refractivity contribution in [3.05, 3.63) is 112 Å². The molecule has 1 aliphatic heterocycles. The predicted molar refractivity (Wildman–Crippen MR) is 159 cm³/mol. The molecule has 3 aromatic rings. The van der Waals surface area contributed by atoms with Crippen molar-refractivity contribution in [3.63, 3.8) is 0 Å². The number of nitrogens with zero attached hydrogens (tertiary/aromatic N) is 1. The number of fused-ring (bicyclic) bond motifs is 4. The van der Waals surface area contributed by atoms with Crippen LogP contribution in [0.3, 0.4) is 0 Å². The van der Waals surface area contributed by atoms with E-state index >= 15 is 0 Å². The van der Waals surface area contributed by atoms with Crippen LogP contribution < -0.4 is 4.90 Å². The second kappa shape index (κ2) is 9.35. The number of imide groups is 1. The van der Waals surface area contributed by atoms with Gasteiger partial charge in [-0.3, -0.25) is 24.1 Å². The molecule has 0 saturated carbocycles. The molecule has 2 amide bonds. The van der Waals surface area contributed by atoms with Crippen LogP contribution in [0.4, 0.5) is 5.69 Å². The van der Waals surface area contributed by atoms with Gasteiger partial charge in [-0.15, -0.1) is 0 Å². The molecule has 0 radical (unpaired) electrons. The van der Waals surface area contributed by atoms with Crippen molar-refractivity contribution in [2.24, 2.45) is 17.8 Å². The quantitative estimate of drug-likeness (QED) is 0.219. The van der Waals surface area contributed by atoms with Crippen molar-refractivity contribution < 1.29 is 24.3 Å². The largest absolute Gasteiger partial charge is 0.508 e. The highest BCUT2D eigenvalue weighted by Gasteiger charge is 2.57. The lowest BCUT2D eigenvalue weighted by Crippen LogP contribution is -2.39. The van der Waals surface area contributed by atoms with Crippen LogP contribution in [0.1, 0.15) is 29.9 Å². The molecule has 3 aromatic carbocycles. The van der Waals surface area contributed by atoms with Crippen molar-refractivity contribution >= 4 is 61.8 Å². The summed E-state index contributed by atoms with van der Waals surface area (Å²) in [6.45, 7) is 3.76. The van der Waals surface area contributed by atoms with Crippen LogP contribution in [0.5, 0.6) is 5.75 Å². The average molecular weight is 606 g/mol. The van der Waals surface area contributed by atoms with Gasteiger partial charge in [0.15, 0.2) is 11.6 Å².